The van der Waals surface area contributed by atoms with Crippen LogP contribution in [0.4, 0.5) is 0 Å². The lowest BCUT2D eigenvalue weighted by Gasteiger charge is -2.19. The summed E-state index contributed by atoms with van der Waals surface area (Å²) in [6, 6.07) is 0.585. The lowest BCUT2D eigenvalue weighted by Crippen LogP contribution is -2.28. The van der Waals surface area contributed by atoms with E-state index in [9.17, 15) is 0 Å². The van der Waals surface area contributed by atoms with Crippen LogP contribution in [0, 0.1) is 6.92 Å². The maximum atomic E-state index is 4.27. The molecule has 0 aliphatic heterocycles. The van der Waals surface area contributed by atoms with E-state index in [0.717, 1.165) is 6.54 Å². The zero-order chi connectivity index (χ0) is 13.4. The van der Waals surface area contributed by atoms with E-state index in [1.165, 1.54) is 43.0 Å². The summed E-state index contributed by atoms with van der Waals surface area (Å²) in [6.07, 6.45) is 2.52. The molecule has 0 aliphatic carbocycles. The summed E-state index contributed by atoms with van der Waals surface area (Å²) in [4.78, 5) is 8.13. The quantitative estimate of drug-likeness (QED) is 0.747. The third-order valence-electron chi connectivity index (χ3n) is 3.46. The van der Waals surface area contributed by atoms with Crippen molar-refractivity contribution in [3.8, 4) is 0 Å². The van der Waals surface area contributed by atoms with Gasteiger partial charge in [0.25, 0.3) is 0 Å². The Hall–Kier alpha value is -0.450. The van der Waals surface area contributed by atoms with Gasteiger partial charge in [0.2, 0.25) is 0 Å². The number of nitrogens with one attached hydrogen (secondary N) is 1. The van der Waals surface area contributed by atoms with E-state index in [-0.39, 0.29) is 0 Å². The van der Waals surface area contributed by atoms with Crippen LogP contribution >= 0.6 is 11.3 Å². The van der Waals surface area contributed by atoms with Crippen LogP contribution in [0.1, 0.15) is 44.2 Å². The van der Waals surface area contributed by atoms with Crippen molar-refractivity contribution in [2.75, 3.05) is 19.6 Å². The fourth-order valence-electron chi connectivity index (χ4n) is 2.03. The first-order valence-corrected chi connectivity index (χ1v) is 7.90. The first kappa shape index (κ1) is 15.6. The lowest BCUT2D eigenvalue weighted by atomic mass is 10.1. The fourth-order valence-corrected chi connectivity index (χ4v) is 2.75. The second kappa shape index (κ2) is 8.62. The number of hydrogen-bond acceptors (Lipinski definition) is 4. The maximum absolute atomic E-state index is 4.27. The van der Waals surface area contributed by atoms with Gasteiger partial charge in [0, 0.05) is 17.5 Å². The molecule has 0 saturated heterocycles. The molecule has 0 fully saturated rings. The van der Waals surface area contributed by atoms with E-state index in [2.05, 4.69) is 42.9 Å². The number of hydrogen-bond donors (Lipinski definition) is 1. The highest BCUT2D eigenvalue weighted by Gasteiger charge is 2.06. The zero-order valence-corrected chi connectivity index (χ0v) is 13.0. The summed E-state index contributed by atoms with van der Waals surface area (Å²) in [5.41, 5.74) is 3.10. The smallest absolute Gasteiger partial charge is 0.0798 e. The van der Waals surface area contributed by atoms with Crippen LogP contribution in [-0.4, -0.2) is 35.6 Å². The molecule has 1 atom stereocenters. The van der Waals surface area contributed by atoms with E-state index >= 15 is 0 Å². The molecule has 0 aliphatic rings. The average Bonchev–Trinajstić information content (AvgIpc) is 2.78. The molecule has 0 spiro atoms. The summed E-state index contributed by atoms with van der Waals surface area (Å²) < 4.78 is 0. The minimum absolute atomic E-state index is 0.585. The van der Waals surface area contributed by atoms with Crippen molar-refractivity contribution in [2.45, 2.75) is 53.1 Å². The topological polar surface area (TPSA) is 28.2 Å². The first-order chi connectivity index (χ1) is 8.67. The van der Waals surface area contributed by atoms with Gasteiger partial charge in [0.05, 0.1) is 11.2 Å². The van der Waals surface area contributed by atoms with Crippen molar-refractivity contribution in [1.82, 2.24) is 15.2 Å². The monoisotopic (exact) mass is 269 g/mol. The first-order valence-electron chi connectivity index (χ1n) is 7.02. The van der Waals surface area contributed by atoms with Gasteiger partial charge >= 0.3 is 0 Å². The second-order valence-electron chi connectivity index (χ2n) is 4.81. The van der Waals surface area contributed by atoms with Gasteiger partial charge in [-0.05, 0) is 46.3 Å². The Morgan fingerprint density at radius 1 is 1.39 bits per heavy atom. The molecule has 1 aromatic rings. The highest BCUT2D eigenvalue weighted by atomic mass is 32.1. The second-order valence-corrected chi connectivity index (χ2v) is 5.75. The summed E-state index contributed by atoms with van der Waals surface area (Å²) in [6.45, 7) is 13.3. The Morgan fingerprint density at radius 2 is 2.11 bits per heavy atom. The molecule has 1 aromatic heterocycles. The van der Waals surface area contributed by atoms with Crippen molar-refractivity contribution in [3.63, 3.8) is 0 Å². The Balaban J connectivity index is 2.14. The van der Waals surface area contributed by atoms with Crippen LogP contribution in [0.5, 0.6) is 0 Å². The number of aryl methyl sites for hydroxylation is 1. The van der Waals surface area contributed by atoms with Crippen LogP contribution < -0.4 is 5.32 Å². The molecule has 1 N–H and O–H groups in total. The molecule has 18 heavy (non-hydrogen) atoms. The molecule has 104 valence electrons. The normalized spacial score (nSPS) is 13.2. The predicted octanol–water partition coefficient (Wildman–Crippen LogP) is 3.05. The number of aromatic nitrogens is 1. The number of nitrogens with zero attached hydrogens (tertiary/aromatic N) is 2. The van der Waals surface area contributed by atoms with Crippen molar-refractivity contribution in [1.29, 1.82) is 0 Å². The summed E-state index contributed by atoms with van der Waals surface area (Å²) >= 11 is 1.75. The zero-order valence-electron chi connectivity index (χ0n) is 12.2. The predicted molar refractivity (Wildman–Crippen MR) is 80.2 cm³/mol. The Morgan fingerprint density at radius 3 is 2.67 bits per heavy atom. The summed E-state index contributed by atoms with van der Waals surface area (Å²) in [7, 11) is 0. The van der Waals surface area contributed by atoms with Crippen LogP contribution in [0.25, 0.3) is 0 Å². The molecule has 1 rings (SSSR count). The van der Waals surface area contributed by atoms with Gasteiger partial charge in [0.1, 0.15) is 0 Å². The van der Waals surface area contributed by atoms with Gasteiger partial charge in [0.15, 0.2) is 0 Å². The SMILES string of the molecule is CCN(CC)CCCC(C)NCc1scnc1C. The van der Waals surface area contributed by atoms with Crippen LogP contribution in [0.3, 0.4) is 0 Å². The van der Waals surface area contributed by atoms with E-state index < -0.39 is 0 Å². The highest BCUT2D eigenvalue weighted by Crippen LogP contribution is 2.12. The largest absolute Gasteiger partial charge is 0.309 e. The minimum atomic E-state index is 0.585. The Kier molecular flexibility index (Phi) is 7.47. The third kappa shape index (κ3) is 5.46. The van der Waals surface area contributed by atoms with Crippen LogP contribution in [-0.2, 0) is 6.54 Å². The Labute approximate surface area is 116 Å². The van der Waals surface area contributed by atoms with Gasteiger partial charge < -0.3 is 10.2 Å². The van der Waals surface area contributed by atoms with Gasteiger partial charge in [-0.15, -0.1) is 11.3 Å². The minimum Gasteiger partial charge on any atom is -0.309 e. The maximum Gasteiger partial charge on any atom is 0.0798 e. The standard InChI is InChI=1S/C14H27N3S/c1-5-17(6-2)9-7-8-12(3)15-10-14-13(4)16-11-18-14/h11-12,15H,5-10H2,1-4H3. The molecule has 3 nitrogen and oxygen atoms in total. The molecule has 0 radical (unpaired) electrons. The van der Waals surface area contributed by atoms with Crippen LogP contribution in [0.15, 0.2) is 5.51 Å². The molecule has 0 amide bonds. The van der Waals surface area contributed by atoms with Crippen molar-refractivity contribution >= 4 is 11.3 Å². The van der Waals surface area contributed by atoms with E-state index in [1.807, 2.05) is 5.51 Å². The number of thiazole rings is 1. The fraction of sp³-hybridized carbons (Fsp3) is 0.786. The van der Waals surface area contributed by atoms with Gasteiger partial charge in [-0.3, -0.25) is 0 Å². The van der Waals surface area contributed by atoms with Crippen LogP contribution in [0.2, 0.25) is 0 Å². The van der Waals surface area contributed by atoms with E-state index in [4.69, 9.17) is 0 Å². The van der Waals surface area contributed by atoms with Crippen molar-refractivity contribution < 1.29 is 0 Å². The summed E-state index contributed by atoms with van der Waals surface area (Å²) in [5.74, 6) is 0. The Bertz CT molecular complexity index is 321. The molecular weight excluding hydrogens is 242 g/mol. The third-order valence-corrected chi connectivity index (χ3v) is 4.40. The van der Waals surface area contributed by atoms with Gasteiger partial charge in [-0.2, -0.15) is 0 Å². The van der Waals surface area contributed by atoms with E-state index in [1.54, 1.807) is 11.3 Å². The molecular formula is C14H27N3S. The molecule has 0 bridgehead atoms. The molecule has 1 heterocycles. The van der Waals surface area contributed by atoms with Crippen molar-refractivity contribution in [2.24, 2.45) is 0 Å². The summed E-state index contributed by atoms with van der Waals surface area (Å²) in [5, 5.41) is 3.59. The molecule has 1 unspecified atom stereocenters. The van der Waals surface area contributed by atoms with Crippen molar-refractivity contribution in [3.05, 3.63) is 16.1 Å². The van der Waals surface area contributed by atoms with E-state index in [0.29, 0.717) is 6.04 Å². The van der Waals surface area contributed by atoms with Gasteiger partial charge in [-0.25, -0.2) is 4.98 Å². The average molecular weight is 269 g/mol. The molecule has 4 heteroatoms. The lowest BCUT2D eigenvalue weighted by molar-refractivity contribution is 0.290. The number of rotatable bonds is 9. The molecule has 0 aromatic carbocycles. The highest BCUT2D eigenvalue weighted by molar-refractivity contribution is 7.09. The molecule has 0 saturated carbocycles. The van der Waals surface area contributed by atoms with Gasteiger partial charge in [-0.1, -0.05) is 13.8 Å².